The summed E-state index contributed by atoms with van der Waals surface area (Å²) in [6, 6.07) is 15.4. The first-order chi connectivity index (χ1) is 13.2. The summed E-state index contributed by atoms with van der Waals surface area (Å²) >= 11 is 6.15. The predicted octanol–water partition coefficient (Wildman–Crippen LogP) is 4.28. The Labute approximate surface area is 163 Å². The van der Waals surface area contributed by atoms with Crippen LogP contribution >= 0.6 is 11.6 Å². The van der Waals surface area contributed by atoms with Crippen molar-refractivity contribution in [2.45, 2.75) is 19.3 Å². The van der Waals surface area contributed by atoms with Crippen molar-refractivity contribution in [1.82, 2.24) is 15.3 Å². The minimum Gasteiger partial charge on any atom is -0.368 e. The largest absolute Gasteiger partial charge is 0.368 e. The number of carbonyl (C=O) groups excluding carboxylic acids is 1. The number of aromatic nitrogens is 2. The first-order valence-corrected chi connectivity index (χ1v) is 9.63. The molecule has 138 valence electrons. The number of hydrogen-bond donors (Lipinski definition) is 2. The number of amides is 1. The molecule has 0 aliphatic heterocycles. The van der Waals surface area contributed by atoms with Crippen molar-refractivity contribution >= 4 is 34.2 Å². The summed E-state index contributed by atoms with van der Waals surface area (Å²) in [6.07, 6.45) is 3.18. The van der Waals surface area contributed by atoms with Gasteiger partial charge < -0.3 is 10.6 Å². The van der Waals surface area contributed by atoms with E-state index in [0.29, 0.717) is 23.9 Å². The molecule has 2 aromatic carbocycles. The van der Waals surface area contributed by atoms with Gasteiger partial charge in [-0.3, -0.25) is 4.79 Å². The number of halogens is 1. The average Bonchev–Trinajstić information content (AvgIpc) is 2.64. The number of anilines is 1. The zero-order chi connectivity index (χ0) is 18.6. The first-order valence-electron chi connectivity index (χ1n) is 9.25. The number of nitrogens with one attached hydrogen (secondary N) is 2. The van der Waals surface area contributed by atoms with Crippen LogP contribution in [0.15, 0.2) is 48.5 Å². The van der Waals surface area contributed by atoms with Crippen LogP contribution in [-0.2, 0) is 4.79 Å². The van der Waals surface area contributed by atoms with E-state index in [2.05, 4.69) is 15.6 Å². The molecule has 2 N–H and O–H groups in total. The SMILES string of the molecule is O=C(NCCNc1nc(-c2ccccc2)nc2cc(Cl)ccc12)C1CCC1. The van der Waals surface area contributed by atoms with E-state index < -0.39 is 0 Å². The third kappa shape index (κ3) is 4.03. The monoisotopic (exact) mass is 380 g/mol. The van der Waals surface area contributed by atoms with Crippen molar-refractivity contribution in [3.05, 3.63) is 53.6 Å². The van der Waals surface area contributed by atoms with Crippen LogP contribution in [-0.4, -0.2) is 29.0 Å². The van der Waals surface area contributed by atoms with Crippen molar-refractivity contribution in [2.75, 3.05) is 18.4 Å². The van der Waals surface area contributed by atoms with Gasteiger partial charge in [-0.15, -0.1) is 0 Å². The number of hydrogen-bond acceptors (Lipinski definition) is 4. The molecule has 27 heavy (non-hydrogen) atoms. The Bertz CT molecular complexity index is 957. The van der Waals surface area contributed by atoms with Crippen molar-refractivity contribution in [3.8, 4) is 11.4 Å². The average molecular weight is 381 g/mol. The second-order valence-corrected chi connectivity index (χ2v) is 7.21. The van der Waals surface area contributed by atoms with Gasteiger partial charge in [0.2, 0.25) is 5.91 Å². The predicted molar refractivity (Wildman–Crippen MR) is 109 cm³/mol. The summed E-state index contributed by atoms with van der Waals surface area (Å²) in [5.74, 6) is 1.75. The van der Waals surface area contributed by atoms with Crippen LogP contribution in [0.5, 0.6) is 0 Å². The van der Waals surface area contributed by atoms with E-state index in [1.54, 1.807) is 0 Å². The molecular formula is C21H21ClN4O. The van der Waals surface area contributed by atoms with Crippen LogP contribution in [0.4, 0.5) is 5.82 Å². The number of fused-ring (bicyclic) bond motifs is 1. The molecule has 5 nitrogen and oxygen atoms in total. The van der Waals surface area contributed by atoms with Gasteiger partial charge >= 0.3 is 0 Å². The number of benzene rings is 2. The van der Waals surface area contributed by atoms with Crippen molar-refractivity contribution in [3.63, 3.8) is 0 Å². The lowest BCUT2D eigenvalue weighted by atomic mass is 9.85. The molecule has 0 bridgehead atoms. The summed E-state index contributed by atoms with van der Waals surface area (Å²) in [5.41, 5.74) is 1.73. The minimum atomic E-state index is 0.160. The normalized spacial score (nSPS) is 14.0. The van der Waals surface area contributed by atoms with E-state index in [9.17, 15) is 4.79 Å². The molecular weight excluding hydrogens is 360 g/mol. The second-order valence-electron chi connectivity index (χ2n) is 6.77. The Kier molecular flexibility index (Phi) is 5.21. The molecule has 1 amide bonds. The van der Waals surface area contributed by atoms with Crippen molar-refractivity contribution in [1.29, 1.82) is 0 Å². The van der Waals surface area contributed by atoms with Crippen LogP contribution < -0.4 is 10.6 Å². The molecule has 4 rings (SSSR count). The van der Waals surface area contributed by atoms with Gasteiger partial charge in [-0.2, -0.15) is 0 Å². The molecule has 1 heterocycles. The van der Waals surface area contributed by atoms with Crippen LogP contribution in [0.3, 0.4) is 0 Å². The molecule has 1 saturated carbocycles. The Morgan fingerprint density at radius 2 is 1.89 bits per heavy atom. The molecule has 6 heteroatoms. The fourth-order valence-electron chi connectivity index (χ4n) is 3.14. The van der Waals surface area contributed by atoms with E-state index >= 15 is 0 Å². The summed E-state index contributed by atoms with van der Waals surface area (Å²) in [7, 11) is 0. The lowest BCUT2D eigenvalue weighted by Crippen LogP contribution is -2.36. The van der Waals surface area contributed by atoms with E-state index in [4.69, 9.17) is 16.6 Å². The number of rotatable bonds is 6. The highest BCUT2D eigenvalue weighted by Gasteiger charge is 2.24. The molecule has 0 spiro atoms. The minimum absolute atomic E-state index is 0.160. The van der Waals surface area contributed by atoms with Gasteiger partial charge in [-0.05, 0) is 31.0 Å². The van der Waals surface area contributed by atoms with E-state index in [1.165, 1.54) is 0 Å². The van der Waals surface area contributed by atoms with Gasteiger partial charge in [-0.1, -0.05) is 48.4 Å². The van der Waals surface area contributed by atoms with E-state index in [-0.39, 0.29) is 11.8 Å². The van der Waals surface area contributed by atoms with Crippen molar-refractivity contribution in [2.24, 2.45) is 5.92 Å². The highest BCUT2D eigenvalue weighted by molar-refractivity contribution is 6.31. The Morgan fingerprint density at radius 1 is 1.07 bits per heavy atom. The molecule has 1 aliphatic rings. The highest BCUT2D eigenvalue weighted by atomic mass is 35.5. The maximum atomic E-state index is 11.9. The van der Waals surface area contributed by atoms with Gasteiger partial charge in [-0.25, -0.2) is 9.97 Å². The maximum Gasteiger partial charge on any atom is 0.223 e. The molecule has 0 atom stereocenters. The fourth-order valence-corrected chi connectivity index (χ4v) is 3.30. The zero-order valence-corrected chi connectivity index (χ0v) is 15.7. The molecule has 0 saturated heterocycles. The Hall–Kier alpha value is -2.66. The number of carbonyl (C=O) groups is 1. The molecule has 1 aromatic heterocycles. The topological polar surface area (TPSA) is 66.9 Å². The third-order valence-corrected chi connectivity index (χ3v) is 5.12. The van der Waals surface area contributed by atoms with Crippen LogP contribution in [0.25, 0.3) is 22.3 Å². The van der Waals surface area contributed by atoms with Crippen molar-refractivity contribution < 1.29 is 4.79 Å². The summed E-state index contributed by atoms with van der Waals surface area (Å²) in [4.78, 5) is 21.3. The van der Waals surface area contributed by atoms with Crippen LogP contribution in [0.1, 0.15) is 19.3 Å². The lowest BCUT2D eigenvalue weighted by Gasteiger charge is -2.24. The fraction of sp³-hybridized carbons (Fsp3) is 0.286. The standard InChI is InChI=1S/C21H21ClN4O/c22-16-9-10-17-18(13-16)25-19(14-5-2-1-3-6-14)26-20(17)23-11-12-24-21(27)15-7-4-8-15/h1-3,5-6,9-10,13,15H,4,7-8,11-12H2,(H,24,27)(H,23,25,26). The van der Waals surface area contributed by atoms with E-state index in [1.807, 2.05) is 48.5 Å². The highest BCUT2D eigenvalue weighted by Crippen LogP contribution is 2.27. The number of nitrogens with zero attached hydrogens (tertiary/aromatic N) is 2. The second kappa shape index (κ2) is 7.92. The maximum absolute atomic E-state index is 11.9. The Balaban J connectivity index is 1.54. The quantitative estimate of drug-likeness (QED) is 0.626. The van der Waals surface area contributed by atoms with Gasteiger partial charge in [0.25, 0.3) is 0 Å². The first kappa shape index (κ1) is 17.7. The lowest BCUT2D eigenvalue weighted by molar-refractivity contribution is -0.127. The van der Waals surface area contributed by atoms with Crippen LogP contribution in [0.2, 0.25) is 5.02 Å². The van der Waals surface area contributed by atoms with Gasteiger partial charge in [0.15, 0.2) is 5.82 Å². The summed E-state index contributed by atoms with van der Waals surface area (Å²) in [5, 5.41) is 7.88. The molecule has 3 aromatic rings. The zero-order valence-electron chi connectivity index (χ0n) is 14.9. The molecule has 0 unspecified atom stereocenters. The van der Waals surface area contributed by atoms with Gasteiger partial charge in [0.05, 0.1) is 5.52 Å². The van der Waals surface area contributed by atoms with Crippen LogP contribution in [0, 0.1) is 5.92 Å². The smallest absolute Gasteiger partial charge is 0.223 e. The van der Waals surface area contributed by atoms with Gasteiger partial charge in [0, 0.05) is 35.0 Å². The third-order valence-electron chi connectivity index (χ3n) is 4.88. The molecule has 1 aliphatic carbocycles. The molecule has 1 fully saturated rings. The van der Waals surface area contributed by atoms with Gasteiger partial charge in [0.1, 0.15) is 5.82 Å². The van der Waals surface area contributed by atoms with E-state index in [0.717, 1.165) is 41.5 Å². The Morgan fingerprint density at radius 3 is 2.63 bits per heavy atom. The summed E-state index contributed by atoms with van der Waals surface area (Å²) in [6.45, 7) is 1.16. The molecule has 0 radical (unpaired) electrons. The summed E-state index contributed by atoms with van der Waals surface area (Å²) < 4.78 is 0.